The number of nitrogen functional groups attached to an aromatic ring is 1. The van der Waals surface area contributed by atoms with Gasteiger partial charge in [-0.3, -0.25) is 0 Å². The average Bonchev–Trinajstić information content (AvgIpc) is 2.28. The zero-order valence-corrected chi connectivity index (χ0v) is 9.23. The van der Waals surface area contributed by atoms with Gasteiger partial charge in [-0.1, -0.05) is 11.6 Å². The van der Waals surface area contributed by atoms with E-state index in [4.69, 9.17) is 17.3 Å². The van der Waals surface area contributed by atoms with E-state index >= 15 is 0 Å². The van der Waals surface area contributed by atoms with Crippen molar-refractivity contribution in [2.75, 3.05) is 5.73 Å². The molecule has 0 heterocycles. The van der Waals surface area contributed by atoms with E-state index in [2.05, 4.69) is 0 Å². The van der Waals surface area contributed by atoms with Crippen LogP contribution in [-0.4, -0.2) is 0 Å². The van der Waals surface area contributed by atoms with Gasteiger partial charge in [-0.25, -0.2) is 13.2 Å². The molecule has 2 aromatic carbocycles. The lowest BCUT2D eigenvalue weighted by Gasteiger charge is -2.07. The molecule has 0 saturated carbocycles. The molecule has 88 valence electrons. The maximum Gasteiger partial charge on any atom is 0.157 e. The fourth-order valence-corrected chi connectivity index (χ4v) is 1.64. The van der Waals surface area contributed by atoms with Crippen LogP contribution in [0.25, 0.3) is 11.1 Å². The Morgan fingerprint density at radius 3 is 2.18 bits per heavy atom. The minimum Gasteiger partial charge on any atom is -0.394 e. The van der Waals surface area contributed by atoms with Crippen molar-refractivity contribution in [1.29, 1.82) is 0 Å². The van der Waals surface area contributed by atoms with Gasteiger partial charge in [0.25, 0.3) is 0 Å². The molecule has 0 spiro atoms. The summed E-state index contributed by atoms with van der Waals surface area (Å²) in [5, 5.41) is 0.196. The first-order chi connectivity index (χ1) is 8.00. The second-order valence-corrected chi connectivity index (χ2v) is 3.88. The van der Waals surface area contributed by atoms with E-state index in [0.29, 0.717) is 0 Å². The van der Waals surface area contributed by atoms with Crippen molar-refractivity contribution in [2.45, 2.75) is 0 Å². The van der Waals surface area contributed by atoms with E-state index in [1.807, 2.05) is 0 Å². The highest BCUT2D eigenvalue weighted by atomic mass is 35.5. The molecule has 0 aromatic heterocycles. The third kappa shape index (κ3) is 2.08. The average molecular weight is 258 g/mol. The third-order valence-electron chi connectivity index (χ3n) is 2.35. The first kappa shape index (κ1) is 11.8. The number of benzene rings is 2. The molecule has 0 aliphatic rings. The van der Waals surface area contributed by atoms with Crippen molar-refractivity contribution in [1.82, 2.24) is 0 Å². The van der Waals surface area contributed by atoms with Gasteiger partial charge >= 0.3 is 0 Å². The van der Waals surface area contributed by atoms with E-state index in [0.717, 1.165) is 18.2 Å². The fraction of sp³-hybridized carbons (Fsp3) is 0. The molecule has 2 aromatic rings. The van der Waals surface area contributed by atoms with Crippen LogP contribution in [0.15, 0.2) is 30.3 Å². The molecule has 2 rings (SSSR count). The van der Waals surface area contributed by atoms with Crippen LogP contribution < -0.4 is 5.73 Å². The number of rotatable bonds is 1. The molecule has 0 radical (unpaired) electrons. The summed E-state index contributed by atoms with van der Waals surface area (Å²) in [6.07, 6.45) is 0. The summed E-state index contributed by atoms with van der Waals surface area (Å²) in [5.41, 5.74) is 4.46. The molecule has 0 atom stereocenters. The van der Waals surface area contributed by atoms with Crippen LogP contribution in [0.3, 0.4) is 0 Å². The van der Waals surface area contributed by atoms with Crippen LogP contribution in [-0.2, 0) is 0 Å². The molecule has 1 nitrogen and oxygen atoms in total. The van der Waals surface area contributed by atoms with Crippen LogP contribution in [0.4, 0.5) is 18.9 Å². The molecule has 0 aliphatic heterocycles. The highest BCUT2D eigenvalue weighted by Crippen LogP contribution is 2.31. The summed E-state index contributed by atoms with van der Waals surface area (Å²) in [6.45, 7) is 0. The number of halogens is 4. The minimum absolute atomic E-state index is 0.0152. The SMILES string of the molecule is Nc1c(F)ccc(-c2ccc(Cl)cc2F)c1F. The van der Waals surface area contributed by atoms with E-state index in [-0.39, 0.29) is 16.1 Å². The van der Waals surface area contributed by atoms with Gasteiger partial charge in [-0.15, -0.1) is 0 Å². The van der Waals surface area contributed by atoms with Gasteiger partial charge in [0.1, 0.15) is 17.3 Å². The summed E-state index contributed by atoms with van der Waals surface area (Å²) < 4.78 is 40.2. The Morgan fingerprint density at radius 2 is 1.53 bits per heavy atom. The van der Waals surface area contributed by atoms with E-state index < -0.39 is 23.1 Å². The summed E-state index contributed by atoms with van der Waals surface area (Å²) in [5.74, 6) is -2.55. The maximum absolute atomic E-state index is 13.7. The number of nitrogens with two attached hydrogens (primary N) is 1. The van der Waals surface area contributed by atoms with Crippen LogP contribution in [0.1, 0.15) is 0 Å². The first-order valence-corrected chi connectivity index (χ1v) is 5.07. The Bertz CT molecular complexity index is 584. The van der Waals surface area contributed by atoms with Gasteiger partial charge < -0.3 is 5.73 Å². The minimum atomic E-state index is -0.980. The largest absolute Gasteiger partial charge is 0.394 e. The van der Waals surface area contributed by atoms with Gasteiger partial charge in [0.2, 0.25) is 0 Å². The predicted molar refractivity (Wildman–Crippen MR) is 61.2 cm³/mol. The quantitative estimate of drug-likeness (QED) is 0.768. The molecular weight excluding hydrogens is 251 g/mol. The lowest BCUT2D eigenvalue weighted by molar-refractivity contribution is 0.590. The fourth-order valence-electron chi connectivity index (χ4n) is 1.49. The molecule has 0 bridgehead atoms. The van der Waals surface area contributed by atoms with E-state index in [1.54, 1.807) is 0 Å². The first-order valence-electron chi connectivity index (χ1n) is 4.69. The molecule has 0 fully saturated rings. The normalized spacial score (nSPS) is 10.6. The molecule has 5 heteroatoms. The standard InChI is InChI=1S/C12H7ClF3N/c13-6-1-2-7(10(15)5-6)8-3-4-9(14)12(17)11(8)16/h1-5H,17H2. The van der Waals surface area contributed by atoms with Crippen LogP contribution in [0, 0.1) is 17.5 Å². The van der Waals surface area contributed by atoms with Gasteiger partial charge in [0.15, 0.2) is 5.82 Å². The smallest absolute Gasteiger partial charge is 0.157 e. The summed E-state index contributed by atoms with van der Waals surface area (Å²) in [4.78, 5) is 0. The predicted octanol–water partition coefficient (Wildman–Crippen LogP) is 4.01. The molecule has 0 amide bonds. The van der Waals surface area contributed by atoms with Crippen molar-refractivity contribution >= 4 is 17.3 Å². The monoisotopic (exact) mass is 257 g/mol. The van der Waals surface area contributed by atoms with Gasteiger partial charge in [0.05, 0.1) is 0 Å². The van der Waals surface area contributed by atoms with Crippen molar-refractivity contribution < 1.29 is 13.2 Å². The number of hydrogen-bond donors (Lipinski definition) is 1. The second-order valence-electron chi connectivity index (χ2n) is 3.45. The maximum atomic E-state index is 13.7. The highest BCUT2D eigenvalue weighted by molar-refractivity contribution is 6.30. The van der Waals surface area contributed by atoms with Gasteiger partial charge in [0, 0.05) is 16.1 Å². The summed E-state index contributed by atoms with van der Waals surface area (Å²) in [7, 11) is 0. The lowest BCUT2D eigenvalue weighted by Crippen LogP contribution is -1.98. The van der Waals surface area contributed by atoms with Crippen LogP contribution in [0.2, 0.25) is 5.02 Å². The molecule has 17 heavy (non-hydrogen) atoms. The molecule has 2 N–H and O–H groups in total. The van der Waals surface area contributed by atoms with Gasteiger partial charge in [-0.2, -0.15) is 0 Å². The summed E-state index contributed by atoms with van der Waals surface area (Å²) >= 11 is 5.58. The van der Waals surface area contributed by atoms with Gasteiger partial charge in [-0.05, 0) is 30.3 Å². The summed E-state index contributed by atoms with van der Waals surface area (Å²) in [6, 6.07) is 5.90. The molecule has 0 aliphatic carbocycles. The Balaban J connectivity index is 2.65. The highest BCUT2D eigenvalue weighted by Gasteiger charge is 2.15. The number of hydrogen-bond acceptors (Lipinski definition) is 1. The molecule has 0 saturated heterocycles. The van der Waals surface area contributed by atoms with Crippen molar-refractivity contribution in [3.8, 4) is 11.1 Å². The lowest BCUT2D eigenvalue weighted by atomic mass is 10.0. The molecule has 0 unspecified atom stereocenters. The molecular formula is C12H7ClF3N. The Morgan fingerprint density at radius 1 is 0.882 bits per heavy atom. The zero-order chi connectivity index (χ0) is 12.6. The Labute approximate surface area is 101 Å². The number of anilines is 1. The van der Waals surface area contributed by atoms with E-state index in [1.165, 1.54) is 12.1 Å². The second kappa shape index (κ2) is 4.30. The van der Waals surface area contributed by atoms with Crippen molar-refractivity contribution in [3.05, 3.63) is 52.8 Å². The van der Waals surface area contributed by atoms with Crippen LogP contribution >= 0.6 is 11.6 Å². The third-order valence-corrected chi connectivity index (χ3v) is 2.58. The Kier molecular flexibility index (Phi) is 2.98. The van der Waals surface area contributed by atoms with E-state index in [9.17, 15) is 13.2 Å². The Hall–Kier alpha value is -1.68. The van der Waals surface area contributed by atoms with Crippen molar-refractivity contribution in [2.24, 2.45) is 0 Å². The topological polar surface area (TPSA) is 26.0 Å². The van der Waals surface area contributed by atoms with Crippen LogP contribution in [0.5, 0.6) is 0 Å². The zero-order valence-electron chi connectivity index (χ0n) is 8.48. The van der Waals surface area contributed by atoms with Crippen molar-refractivity contribution in [3.63, 3.8) is 0 Å².